The molecule has 58 valence electrons. The summed E-state index contributed by atoms with van der Waals surface area (Å²) >= 11 is 0. The first kappa shape index (κ1) is 8.33. The van der Waals surface area contributed by atoms with Crippen molar-refractivity contribution in [1.82, 2.24) is 0 Å². The third-order valence-corrected chi connectivity index (χ3v) is 1.34. The minimum absolute atomic E-state index is 0.158. The van der Waals surface area contributed by atoms with Crippen molar-refractivity contribution in [2.75, 3.05) is 0 Å². The Kier molecular flexibility index (Phi) is 2.48. The van der Waals surface area contributed by atoms with Crippen molar-refractivity contribution in [3.63, 3.8) is 0 Å². The van der Waals surface area contributed by atoms with Gasteiger partial charge in [0, 0.05) is 11.1 Å². The van der Waals surface area contributed by atoms with Crippen LogP contribution in [0.3, 0.4) is 0 Å². The molecule has 3 nitrogen and oxygen atoms in total. The van der Waals surface area contributed by atoms with Gasteiger partial charge in [-0.25, -0.2) is 0 Å². The summed E-state index contributed by atoms with van der Waals surface area (Å²) in [4.78, 5) is 30.8. The maximum Gasteiger partial charge on any atom is 0.277 e. The Labute approximate surface area is 69.0 Å². The van der Waals surface area contributed by atoms with E-state index < -0.39 is 5.78 Å². The summed E-state index contributed by atoms with van der Waals surface area (Å²) in [5, 5.41) is 0. The van der Waals surface area contributed by atoms with Gasteiger partial charge in [0.25, 0.3) is 6.29 Å². The summed E-state index contributed by atoms with van der Waals surface area (Å²) in [6, 6.07) is 5.73. The Hall–Kier alpha value is -1.77. The van der Waals surface area contributed by atoms with Gasteiger partial charge in [-0.3, -0.25) is 14.4 Å². The molecule has 0 amide bonds. The van der Waals surface area contributed by atoms with E-state index >= 15 is 0 Å². The first-order chi connectivity index (χ1) is 5.77. The van der Waals surface area contributed by atoms with Gasteiger partial charge in [0.05, 0.1) is 0 Å². The normalized spacial score (nSPS) is 9.00. The largest absolute Gasteiger partial charge is 0.285 e. The van der Waals surface area contributed by atoms with E-state index in [1.54, 1.807) is 6.29 Å². The van der Waals surface area contributed by atoms with E-state index in [0.717, 1.165) is 0 Å². The number of hydrogen-bond acceptors (Lipinski definition) is 3. The van der Waals surface area contributed by atoms with E-state index in [0.29, 0.717) is 0 Å². The summed E-state index contributed by atoms with van der Waals surface area (Å²) in [5.74, 6) is -0.757. The molecule has 0 fully saturated rings. The van der Waals surface area contributed by atoms with Crippen LogP contribution in [0.25, 0.3) is 0 Å². The van der Waals surface area contributed by atoms with Gasteiger partial charge in [0.1, 0.15) is 0 Å². The Morgan fingerprint density at radius 1 is 1.25 bits per heavy atom. The quantitative estimate of drug-likeness (QED) is 0.476. The van der Waals surface area contributed by atoms with Gasteiger partial charge in [-0.1, -0.05) is 18.2 Å². The number of ketones is 1. The molecule has 1 rings (SSSR count). The molecule has 0 unspecified atom stereocenters. The highest BCUT2D eigenvalue weighted by Crippen LogP contribution is 2.02. The fourth-order valence-electron chi connectivity index (χ4n) is 0.783. The summed E-state index contributed by atoms with van der Waals surface area (Å²) in [6.07, 6.45) is 2.83. The molecule has 1 aromatic carbocycles. The lowest BCUT2D eigenvalue weighted by atomic mass is 10.1. The van der Waals surface area contributed by atoms with Crippen molar-refractivity contribution in [2.45, 2.75) is 0 Å². The molecule has 3 heteroatoms. The summed E-state index contributed by atoms with van der Waals surface area (Å²) in [7, 11) is 0. The summed E-state index contributed by atoms with van der Waals surface area (Å²) in [5.41, 5.74) is 0.405. The predicted molar refractivity (Wildman–Crippen MR) is 41.3 cm³/mol. The van der Waals surface area contributed by atoms with Crippen molar-refractivity contribution < 1.29 is 14.4 Å². The molecular weight excluding hydrogens is 156 g/mol. The first-order valence-electron chi connectivity index (χ1n) is 3.18. The molecule has 0 spiro atoms. The van der Waals surface area contributed by atoms with Gasteiger partial charge in [-0.05, 0) is 6.07 Å². The van der Waals surface area contributed by atoms with Gasteiger partial charge in [0.2, 0.25) is 12.1 Å². The molecule has 0 atom stereocenters. The molecule has 0 aliphatic carbocycles. The average molecular weight is 160 g/mol. The number of hydrogen-bond donors (Lipinski definition) is 0. The number of Topliss-reactive ketones (excluding diaryl/α,β-unsaturated/α-hetero) is 1. The maximum atomic E-state index is 10.7. The van der Waals surface area contributed by atoms with Crippen LogP contribution in [0, 0.1) is 0 Å². The zero-order valence-corrected chi connectivity index (χ0v) is 6.03. The molecule has 1 aromatic rings. The highest BCUT2D eigenvalue weighted by atomic mass is 16.2. The standard InChI is InChI=1S/C9H4O3/c10-5-7-2-1-3-8(4-7)9(12)6-11/h1-4H. The molecule has 12 heavy (non-hydrogen) atoms. The molecule has 0 saturated carbocycles. The van der Waals surface area contributed by atoms with Gasteiger partial charge in [-0.2, -0.15) is 0 Å². The lowest BCUT2D eigenvalue weighted by Crippen LogP contribution is -1.99. The summed E-state index contributed by atoms with van der Waals surface area (Å²) < 4.78 is 0. The molecule has 2 radical (unpaired) electrons. The van der Waals surface area contributed by atoms with Gasteiger partial charge in [-0.15, -0.1) is 0 Å². The zero-order valence-electron chi connectivity index (χ0n) is 6.03. The van der Waals surface area contributed by atoms with Crippen molar-refractivity contribution in [1.29, 1.82) is 0 Å². The molecule has 0 heterocycles. The molecule has 0 aliphatic heterocycles. The second-order valence-corrected chi connectivity index (χ2v) is 2.11. The fraction of sp³-hybridized carbons (Fsp3) is 0. The highest BCUT2D eigenvalue weighted by Gasteiger charge is 2.04. The van der Waals surface area contributed by atoms with Gasteiger partial charge >= 0.3 is 0 Å². The average Bonchev–Trinajstić information content (AvgIpc) is 2.17. The lowest BCUT2D eigenvalue weighted by molar-refractivity contribution is 0.106. The smallest absolute Gasteiger partial charge is 0.277 e. The van der Waals surface area contributed by atoms with Crippen LogP contribution in [-0.2, 0) is 9.59 Å². The van der Waals surface area contributed by atoms with Gasteiger partial charge < -0.3 is 0 Å². The maximum absolute atomic E-state index is 10.7. The van der Waals surface area contributed by atoms with E-state index in [1.165, 1.54) is 30.6 Å². The Morgan fingerprint density at radius 2 is 2.00 bits per heavy atom. The van der Waals surface area contributed by atoms with E-state index in [2.05, 4.69) is 0 Å². The van der Waals surface area contributed by atoms with Crippen molar-refractivity contribution in [2.24, 2.45) is 0 Å². The minimum atomic E-state index is -0.757. The topological polar surface area (TPSA) is 51.2 Å². The second-order valence-electron chi connectivity index (χ2n) is 2.11. The number of benzene rings is 1. The van der Waals surface area contributed by atoms with Crippen LogP contribution >= 0.6 is 0 Å². The van der Waals surface area contributed by atoms with E-state index in [-0.39, 0.29) is 11.1 Å². The van der Waals surface area contributed by atoms with Crippen LogP contribution in [-0.4, -0.2) is 18.4 Å². The summed E-state index contributed by atoms with van der Waals surface area (Å²) in [6.45, 7) is 0. The van der Waals surface area contributed by atoms with E-state index in [1.807, 2.05) is 0 Å². The molecule has 0 N–H and O–H groups in total. The first-order valence-corrected chi connectivity index (χ1v) is 3.18. The molecular formula is C9H4O3. The molecule has 0 aliphatic rings. The third-order valence-electron chi connectivity index (χ3n) is 1.34. The van der Waals surface area contributed by atoms with E-state index in [9.17, 15) is 14.4 Å². The van der Waals surface area contributed by atoms with Crippen LogP contribution in [0.4, 0.5) is 0 Å². The minimum Gasteiger partial charge on any atom is -0.285 e. The van der Waals surface area contributed by atoms with E-state index in [4.69, 9.17) is 0 Å². The molecule has 0 saturated heterocycles. The van der Waals surface area contributed by atoms with Crippen molar-refractivity contribution in [3.05, 3.63) is 35.4 Å². The van der Waals surface area contributed by atoms with Crippen molar-refractivity contribution >= 4 is 18.4 Å². The SMILES string of the molecule is O=[C]C(=O)c1cccc([C]=O)c1. The lowest BCUT2D eigenvalue weighted by Gasteiger charge is -1.92. The Morgan fingerprint density at radius 3 is 2.58 bits per heavy atom. The number of carbonyl (C=O) groups excluding carboxylic acids is 3. The van der Waals surface area contributed by atoms with Crippen LogP contribution in [0.15, 0.2) is 24.3 Å². The monoisotopic (exact) mass is 160 g/mol. The predicted octanol–water partition coefficient (Wildman–Crippen LogP) is 0.437. The van der Waals surface area contributed by atoms with Crippen molar-refractivity contribution in [3.8, 4) is 0 Å². The third kappa shape index (κ3) is 1.63. The zero-order chi connectivity index (χ0) is 8.97. The Bertz CT molecular complexity index is 328. The van der Waals surface area contributed by atoms with Crippen LogP contribution in [0.1, 0.15) is 15.9 Å². The Balaban J connectivity index is 3.09. The second kappa shape index (κ2) is 3.57. The number of rotatable bonds is 3. The molecule has 0 bridgehead atoms. The molecule has 0 aromatic heterocycles. The van der Waals surface area contributed by atoms with Crippen LogP contribution in [0.2, 0.25) is 0 Å². The van der Waals surface area contributed by atoms with Gasteiger partial charge in [0.15, 0.2) is 0 Å². The highest BCUT2D eigenvalue weighted by molar-refractivity contribution is 6.33. The van der Waals surface area contributed by atoms with Crippen LogP contribution < -0.4 is 0 Å². The fourth-order valence-corrected chi connectivity index (χ4v) is 0.783. The number of carbonyl (C=O) groups is 1. The van der Waals surface area contributed by atoms with Crippen LogP contribution in [0.5, 0.6) is 0 Å².